The molecule has 1 rings (SSSR count). The van der Waals surface area contributed by atoms with Crippen LogP contribution in [0.2, 0.25) is 0 Å². The Balaban J connectivity index is 0.000000487. The first-order valence-electron chi connectivity index (χ1n) is 6.04. The average Bonchev–Trinajstić information content (AvgIpc) is 2.38. The number of benzene rings is 1. The third-order valence-corrected chi connectivity index (χ3v) is 2.49. The maximum Gasteiger partial charge on any atom is 0.119 e. The molecule has 0 saturated carbocycles. The molecule has 0 saturated heterocycles. The Morgan fingerprint density at radius 1 is 1.00 bits per heavy atom. The third kappa shape index (κ3) is 5.64. The topological polar surface area (TPSA) is 12.5 Å². The van der Waals surface area contributed by atoms with E-state index < -0.39 is 0 Å². The van der Waals surface area contributed by atoms with Crippen molar-refractivity contribution in [2.24, 2.45) is 0 Å². The minimum atomic E-state index is 0.906. The Bertz CT molecular complexity index is 254. The quantitative estimate of drug-likeness (QED) is 0.766. The average molecular weight is 223 g/mol. The van der Waals surface area contributed by atoms with E-state index in [1.54, 1.807) is 7.11 Å². The molecular weight excluding hydrogens is 198 g/mol. The van der Waals surface area contributed by atoms with Gasteiger partial charge in [0.1, 0.15) is 5.75 Å². The van der Waals surface area contributed by atoms with Gasteiger partial charge in [-0.1, -0.05) is 26.7 Å². The lowest BCUT2D eigenvalue weighted by Gasteiger charge is -2.16. The highest BCUT2D eigenvalue weighted by molar-refractivity contribution is 5.48. The number of hydrogen-bond acceptors (Lipinski definition) is 2. The molecule has 0 spiro atoms. The molecule has 0 radical (unpaired) electrons. The van der Waals surface area contributed by atoms with Crippen LogP contribution >= 0.6 is 0 Å². The van der Waals surface area contributed by atoms with Gasteiger partial charge in [-0.05, 0) is 31.2 Å². The highest BCUT2D eigenvalue weighted by Gasteiger charge is 1.96. The summed E-state index contributed by atoms with van der Waals surface area (Å²) >= 11 is 0. The van der Waals surface area contributed by atoms with Gasteiger partial charge in [0.2, 0.25) is 0 Å². The number of rotatable bonds is 4. The minimum absolute atomic E-state index is 0.906. The summed E-state index contributed by atoms with van der Waals surface area (Å²) in [5, 5.41) is 0. The molecule has 92 valence electrons. The molecular formula is C14H25NO. The van der Waals surface area contributed by atoms with E-state index in [2.05, 4.69) is 44.9 Å². The van der Waals surface area contributed by atoms with Crippen LogP contribution in [0.1, 0.15) is 33.6 Å². The molecule has 1 aromatic carbocycles. The molecule has 0 unspecified atom stereocenters. The highest BCUT2D eigenvalue weighted by Crippen LogP contribution is 2.17. The van der Waals surface area contributed by atoms with Crippen molar-refractivity contribution in [3.8, 4) is 5.75 Å². The Morgan fingerprint density at radius 3 is 1.81 bits per heavy atom. The van der Waals surface area contributed by atoms with Crippen LogP contribution in [0.5, 0.6) is 5.75 Å². The van der Waals surface area contributed by atoms with E-state index in [1.165, 1.54) is 18.5 Å². The van der Waals surface area contributed by atoms with Crippen molar-refractivity contribution in [2.75, 3.05) is 25.6 Å². The van der Waals surface area contributed by atoms with Crippen LogP contribution in [0.25, 0.3) is 0 Å². The molecule has 0 N–H and O–H groups in total. The molecule has 0 bridgehead atoms. The van der Waals surface area contributed by atoms with Crippen molar-refractivity contribution in [1.82, 2.24) is 0 Å². The van der Waals surface area contributed by atoms with Crippen LogP contribution in [0.4, 0.5) is 5.69 Å². The Hall–Kier alpha value is -1.18. The van der Waals surface area contributed by atoms with Gasteiger partial charge < -0.3 is 9.64 Å². The Morgan fingerprint density at radius 2 is 1.50 bits per heavy atom. The molecule has 0 fully saturated rings. The summed E-state index contributed by atoms with van der Waals surface area (Å²) in [6.07, 6.45) is 2.64. The molecule has 2 heteroatoms. The second-order valence-electron chi connectivity index (χ2n) is 3.71. The van der Waals surface area contributed by atoms with Crippen molar-refractivity contribution in [2.45, 2.75) is 33.6 Å². The Kier molecular flexibility index (Phi) is 8.41. The van der Waals surface area contributed by atoms with Gasteiger partial charge in [-0.15, -0.1) is 0 Å². The van der Waals surface area contributed by atoms with Crippen LogP contribution in [0.15, 0.2) is 24.3 Å². The monoisotopic (exact) mass is 223 g/mol. The number of methoxy groups -OCH3 is 1. The van der Waals surface area contributed by atoms with Crippen molar-refractivity contribution >= 4 is 5.69 Å². The van der Waals surface area contributed by atoms with Crippen molar-refractivity contribution in [3.63, 3.8) is 0 Å². The van der Waals surface area contributed by atoms with Gasteiger partial charge >= 0.3 is 0 Å². The maximum absolute atomic E-state index is 5.06. The van der Waals surface area contributed by atoms with E-state index in [0.29, 0.717) is 0 Å². The summed E-state index contributed by atoms with van der Waals surface area (Å²) in [4.78, 5) is 2.18. The molecule has 0 amide bonds. The van der Waals surface area contributed by atoms with Crippen molar-refractivity contribution in [3.05, 3.63) is 24.3 Å². The number of unbranched alkanes of at least 4 members (excludes halogenated alkanes) is 1. The predicted molar refractivity (Wildman–Crippen MR) is 72.5 cm³/mol. The molecule has 0 aliphatic heterocycles. The SMILES string of the molecule is CCCC.CCN(C)c1ccc(OC)cc1. The van der Waals surface area contributed by atoms with Crippen molar-refractivity contribution in [1.29, 1.82) is 0 Å². The van der Waals surface area contributed by atoms with E-state index in [1.807, 2.05) is 12.1 Å². The number of nitrogens with zero attached hydrogens (tertiary/aromatic N) is 1. The largest absolute Gasteiger partial charge is 0.497 e. The van der Waals surface area contributed by atoms with Gasteiger partial charge in [-0.2, -0.15) is 0 Å². The summed E-state index contributed by atoms with van der Waals surface area (Å²) in [5.74, 6) is 0.906. The predicted octanol–water partition coefficient (Wildman–Crippen LogP) is 3.96. The molecule has 2 nitrogen and oxygen atoms in total. The maximum atomic E-state index is 5.06. The van der Waals surface area contributed by atoms with Crippen LogP contribution in [-0.2, 0) is 0 Å². The number of ether oxygens (including phenoxy) is 1. The van der Waals surface area contributed by atoms with Gasteiger partial charge in [0, 0.05) is 19.3 Å². The lowest BCUT2D eigenvalue weighted by molar-refractivity contribution is 0.415. The zero-order valence-electron chi connectivity index (χ0n) is 11.3. The first-order valence-corrected chi connectivity index (χ1v) is 6.04. The van der Waals surface area contributed by atoms with E-state index in [4.69, 9.17) is 4.74 Å². The fourth-order valence-electron chi connectivity index (χ4n) is 1.02. The Labute approximate surface area is 100 Å². The second kappa shape index (κ2) is 9.08. The van der Waals surface area contributed by atoms with E-state index in [0.717, 1.165) is 12.3 Å². The van der Waals surface area contributed by atoms with Gasteiger partial charge in [-0.25, -0.2) is 0 Å². The third-order valence-electron chi connectivity index (χ3n) is 2.49. The lowest BCUT2D eigenvalue weighted by Crippen LogP contribution is -2.15. The first kappa shape index (κ1) is 14.8. The summed E-state index contributed by atoms with van der Waals surface area (Å²) in [6, 6.07) is 8.06. The first-order chi connectivity index (χ1) is 7.69. The molecule has 0 aliphatic rings. The molecule has 0 aliphatic carbocycles. The minimum Gasteiger partial charge on any atom is -0.497 e. The summed E-state index contributed by atoms with van der Waals surface area (Å²) in [7, 11) is 3.75. The van der Waals surface area contributed by atoms with Crippen LogP contribution in [0, 0.1) is 0 Å². The van der Waals surface area contributed by atoms with E-state index in [9.17, 15) is 0 Å². The van der Waals surface area contributed by atoms with Gasteiger partial charge in [0.05, 0.1) is 7.11 Å². The summed E-state index contributed by atoms with van der Waals surface area (Å²) < 4.78 is 5.06. The van der Waals surface area contributed by atoms with E-state index >= 15 is 0 Å². The van der Waals surface area contributed by atoms with E-state index in [-0.39, 0.29) is 0 Å². The molecule has 0 aromatic heterocycles. The van der Waals surface area contributed by atoms with Gasteiger partial charge in [0.25, 0.3) is 0 Å². The number of hydrogen-bond donors (Lipinski definition) is 0. The van der Waals surface area contributed by atoms with Crippen LogP contribution in [-0.4, -0.2) is 20.7 Å². The molecule has 16 heavy (non-hydrogen) atoms. The van der Waals surface area contributed by atoms with Crippen LogP contribution in [0.3, 0.4) is 0 Å². The van der Waals surface area contributed by atoms with Gasteiger partial charge in [-0.3, -0.25) is 0 Å². The smallest absolute Gasteiger partial charge is 0.119 e. The zero-order chi connectivity index (χ0) is 12.4. The standard InChI is InChI=1S/C10H15NO.C4H10/c1-4-11(2)9-5-7-10(12-3)8-6-9;1-3-4-2/h5-8H,4H2,1-3H3;3-4H2,1-2H3. The molecule has 0 heterocycles. The molecule has 1 aromatic rings. The fourth-order valence-corrected chi connectivity index (χ4v) is 1.02. The fraction of sp³-hybridized carbons (Fsp3) is 0.571. The lowest BCUT2D eigenvalue weighted by atomic mass is 10.3. The zero-order valence-corrected chi connectivity index (χ0v) is 11.3. The second-order valence-corrected chi connectivity index (χ2v) is 3.71. The van der Waals surface area contributed by atoms with Gasteiger partial charge in [0.15, 0.2) is 0 Å². The summed E-state index contributed by atoms with van der Waals surface area (Å²) in [5.41, 5.74) is 1.22. The van der Waals surface area contributed by atoms with Crippen LogP contribution < -0.4 is 9.64 Å². The summed E-state index contributed by atoms with van der Waals surface area (Å²) in [6.45, 7) is 7.51. The highest BCUT2D eigenvalue weighted by atomic mass is 16.5. The van der Waals surface area contributed by atoms with Crippen molar-refractivity contribution < 1.29 is 4.74 Å². The normalized spacial score (nSPS) is 9.06. The molecule has 0 atom stereocenters. The number of anilines is 1.